The highest BCUT2D eigenvalue weighted by Gasteiger charge is 2.16. The summed E-state index contributed by atoms with van der Waals surface area (Å²) in [6.07, 6.45) is 3.43. The molecule has 4 heteroatoms. The lowest BCUT2D eigenvalue weighted by Crippen LogP contribution is -2.40. The number of rotatable bonds is 7. The molecule has 1 aromatic heterocycles. The Kier molecular flexibility index (Phi) is 6.86. The molecule has 0 aliphatic rings. The van der Waals surface area contributed by atoms with Gasteiger partial charge in [-0.15, -0.1) is 11.3 Å². The van der Waals surface area contributed by atoms with Crippen LogP contribution < -0.4 is 10.5 Å². The number of thiophene rings is 1. The number of benzene rings is 1. The standard InChI is InChI=1S/C20H25NO2S/c1-20(21,15-22)14-13-19-12-11-18(24-19)6-4-3-5-16-7-9-17(23-2)10-8-16/h7-12,22H,3,5,13-15,21H2,1-2H3. The van der Waals surface area contributed by atoms with Crippen LogP contribution in [0.4, 0.5) is 0 Å². The average Bonchev–Trinajstić information content (AvgIpc) is 3.05. The Bertz CT molecular complexity index is 692. The zero-order valence-corrected chi connectivity index (χ0v) is 15.2. The number of aryl methyl sites for hydroxylation is 2. The minimum atomic E-state index is -0.506. The lowest BCUT2D eigenvalue weighted by atomic mass is 9.98. The van der Waals surface area contributed by atoms with E-state index in [1.54, 1.807) is 18.4 Å². The normalized spacial score (nSPS) is 13.0. The zero-order chi connectivity index (χ0) is 17.4. The van der Waals surface area contributed by atoms with Crippen LogP contribution in [0.3, 0.4) is 0 Å². The first kappa shape index (κ1) is 18.5. The Morgan fingerprint density at radius 1 is 1.17 bits per heavy atom. The molecule has 0 aliphatic heterocycles. The van der Waals surface area contributed by atoms with E-state index in [0.29, 0.717) is 0 Å². The van der Waals surface area contributed by atoms with E-state index in [2.05, 4.69) is 36.1 Å². The Labute approximate surface area is 148 Å². The summed E-state index contributed by atoms with van der Waals surface area (Å²) in [4.78, 5) is 2.35. The fraction of sp³-hybridized carbons (Fsp3) is 0.400. The number of hydrogen-bond donors (Lipinski definition) is 2. The van der Waals surface area contributed by atoms with Crippen molar-refractivity contribution >= 4 is 11.3 Å². The molecule has 0 spiro atoms. The number of methoxy groups -OCH3 is 1. The molecular weight excluding hydrogens is 318 g/mol. The lowest BCUT2D eigenvalue weighted by Gasteiger charge is -2.20. The van der Waals surface area contributed by atoms with Crippen LogP contribution in [0.1, 0.15) is 35.1 Å². The summed E-state index contributed by atoms with van der Waals surface area (Å²) >= 11 is 1.71. The van der Waals surface area contributed by atoms with Gasteiger partial charge in [-0.2, -0.15) is 0 Å². The number of nitrogens with two attached hydrogens (primary N) is 1. The second-order valence-corrected chi connectivity index (χ2v) is 7.40. The number of aliphatic hydroxyl groups is 1. The minimum Gasteiger partial charge on any atom is -0.497 e. The van der Waals surface area contributed by atoms with Gasteiger partial charge in [-0.25, -0.2) is 0 Å². The topological polar surface area (TPSA) is 55.5 Å². The highest BCUT2D eigenvalue weighted by atomic mass is 32.1. The number of ether oxygens (including phenoxy) is 1. The summed E-state index contributed by atoms with van der Waals surface area (Å²) in [6.45, 7) is 1.89. The van der Waals surface area contributed by atoms with Crippen molar-refractivity contribution in [3.05, 3.63) is 51.7 Å². The third-order valence-corrected chi connectivity index (χ3v) is 4.94. The van der Waals surface area contributed by atoms with Gasteiger partial charge in [0.15, 0.2) is 0 Å². The average molecular weight is 343 g/mol. The molecule has 24 heavy (non-hydrogen) atoms. The second-order valence-electron chi connectivity index (χ2n) is 6.23. The number of hydrogen-bond acceptors (Lipinski definition) is 4. The smallest absolute Gasteiger partial charge is 0.118 e. The zero-order valence-electron chi connectivity index (χ0n) is 14.3. The summed E-state index contributed by atoms with van der Waals surface area (Å²) in [5.74, 6) is 7.35. The molecule has 0 saturated carbocycles. The van der Waals surface area contributed by atoms with Crippen molar-refractivity contribution < 1.29 is 9.84 Å². The van der Waals surface area contributed by atoms with Crippen LogP contribution in [0.5, 0.6) is 5.75 Å². The summed E-state index contributed by atoms with van der Waals surface area (Å²) in [6, 6.07) is 12.3. The molecule has 128 valence electrons. The maximum absolute atomic E-state index is 9.19. The van der Waals surface area contributed by atoms with Gasteiger partial charge in [0, 0.05) is 16.8 Å². The predicted molar refractivity (Wildman–Crippen MR) is 101 cm³/mol. The third kappa shape index (κ3) is 6.01. The fourth-order valence-corrected chi connectivity index (χ4v) is 3.10. The van der Waals surface area contributed by atoms with E-state index in [9.17, 15) is 5.11 Å². The molecule has 2 aromatic rings. The van der Waals surface area contributed by atoms with Gasteiger partial charge in [0.25, 0.3) is 0 Å². The van der Waals surface area contributed by atoms with Gasteiger partial charge in [-0.3, -0.25) is 0 Å². The van der Waals surface area contributed by atoms with Gasteiger partial charge >= 0.3 is 0 Å². The van der Waals surface area contributed by atoms with Gasteiger partial charge in [0.1, 0.15) is 5.75 Å². The summed E-state index contributed by atoms with van der Waals surface area (Å²) < 4.78 is 5.15. The fourth-order valence-electron chi connectivity index (χ4n) is 2.22. The van der Waals surface area contributed by atoms with E-state index in [1.165, 1.54) is 10.4 Å². The van der Waals surface area contributed by atoms with Gasteiger partial charge in [0.2, 0.25) is 0 Å². The van der Waals surface area contributed by atoms with Crippen molar-refractivity contribution in [3.8, 4) is 17.6 Å². The molecule has 0 amide bonds. The molecule has 3 N–H and O–H groups in total. The van der Waals surface area contributed by atoms with E-state index in [0.717, 1.165) is 36.3 Å². The maximum atomic E-state index is 9.19. The van der Waals surface area contributed by atoms with Crippen LogP contribution in [0.25, 0.3) is 0 Å². The van der Waals surface area contributed by atoms with Crippen molar-refractivity contribution in [1.82, 2.24) is 0 Å². The van der Waals surface area contributed by atoms with Crippen LogP contribution in [0.15, 0.2) is 36.4 Å². The van der Waals surface area contributed by atoms with Crippen molar-refractivity contribution in [2.45, 2.75) is 38.1 Å². The van der Waals surface area contributed by atoms with E-state index < -0.39 is 5.54 Å². The quantitative estimate of drug-likeness (QED) is 0.758. The lowest BCUT2D eigenvalue weighted by molar-refractivity contribution is 0.201. The van der Waals surface area contributed by atoms with Crippen molar-refractivity contribution in [3.63, 3.8) is 0 Å². The molecule has 2 rings (SSSR count). The molecular formula is C20H25NO2S. The summed E-state index contributed by atoms with van der Waals surface area (Å²) in [5, 5.41) is 9.19. The number of aliphatic hydroxyl groups excluding tert-OH is 1. The highest BCUT2D eigenvalue weighted by Crippen LogP contribution is 2.20. The first-order chi connectivity index (χ1) is 11.5. The summed E-state index contributed by atoms with van der Waals surface area (Å²) in [5.41, 5.74) is 6.72. The van der Waals surface area contributed by atoms with Crippen LogP contribution >= 0.6 is 11.3 Å². The third-order valence-electron chi connectivity index (χ3n) is 3.87. The SMILES string of the molecule is COc1ccc(CCC#Cc2ccc(CCC(C)(N)CO)s2)cc1. The first-order valence-corrected chi connectivity index (χ1v) is 8.94. The van der Waals surface area contributed by atoms with E-state index in [-0.39, 0.29) is 6.61 Å². The van der Waals surface area contributed by atoms with Crippen LogP contribution in [0, 0.1) is 11.8 Å². The van der Waals surface area contributed by atoms with Gasteiger partial charge in [-0.05, 0) is 56.0 Å². The Hall–Kier alpha value is -1.80. The minimum absolute atomic E-state index is 0.0103. The van der Waals surface area contributed by atoms with Crippen LogP contribution in [-0.4, -0.2) is 24.4 Å². The molecule has 1 atom stereocenters. The van der Waals surface area contributed by atoms with E-state index in [1.807, 2.05) is 19.1 Å². The molecule has 0 fully saturated rings. The second kappa shape index (κ2) is 8.89. The van der Waals surface area contributed by atoms with Gasteiger partial charge in [-0.1, -0.05) is 24.0 Å². The van der Waals surface area contributed by atoms with Gasteiger partial charge < -0.3 is 15.6 Å². The molecule has 0 aliphatic carbocycles. The Morgan fingerprint density at radius 2 is 1.92 bits per heavy atom. The summed E-state index contributed by atoms with van der Waals surface area (Å²) in [7, 11) is 1.67. The van der Waals surface area contributed by atoms with Gasteiger partial charge in [0.05, 0.1) is 18.6 Å². The monoisotopic (exact) mass is 343 g/mol. The van der Waals surface area contributed by atoms with Crippen LogP contribution in [-0.2, 0) is 12.8 Å². The molecule has 1 heterocycles. The molecule has 1 unspecified atom stereocenters. The predicted octanol–water partition coefficient (Wildman–Crippen LogP) is 3.38. The highest BCUT2D eigenvalue weighted by molar-refractivity contribution is 7.12. The van der Waals surface area contributed by atoms with Crippen molar-refractivity contribution in [2.24, 2.45) is 5.73 Å². The molecule has 0 bridgehead atoms. The van der Waals surface area contributed by atoms with Crippen molar-refractivity contribution in [1.29, 1.82) is 0 Å². The van der Waals surface area contributed by atoms with Crippen LogP contribution in [0.2, 0.25) is 0 Å². The molecule has 1 aromatic carbocycles. The van der Waals surface area contributed by atoms with E-state index in [4.69, 9.17) is 10.5 Å². The molecule has 0 saturated heterocycles. The first-order valence-electron chi connectivity index (χ1n) is 8.13. The Balaban J connectivity index is 1.81. The largest absolute Gasteiger partial charge is 0.497 e. The molecule has 0 radical (unpaired) electrons. The van der Waals surface area contributed by atoms with E-state index >= 15 is 0 Å². The Morgan fingerprint density at radius 3 is 2.58 bits per heavy atom. The molecule has 3 nitrogen and oxygen atoms in total. The maximum Gasteiger partial charge on any atom is 0.118 e. The van der Waals surface area contributed by atoms with Crippen molar-refractivity contribution in [2.75, 3.05) is 13.7 Å².